The monoisotopic (exact) mass is 213 g/mol. The maximum Gasteiger partial charge on any atom is 0.207 e. The molecule has 0 radical (unpaired) electrons. The molecule has 76 valence electrons. The topological polar surface area (TPSA) is 38.3 Å². The Bertz CT molecular complexity index is 328. The molecular formula is C10H12ClNO2. The van der Waals surface area contributed by atoms with Gasteiger partial charge in [0.05, 0.1) is 18.2 Å². The molecule has 0 aliphatic carbocycles. The highest BCUT2D eigenvalue weighted by Crippen LogP contribution is 2.27. The first-order valence-electron chi connectivity index (χ1n) is 4.22. The Balaban J connectivity index is 2.90. The Kier molecular flexibility index (Phi) is 3.77. The van der Waals surface area contributed by atoms with Crippen molar-refractivity contribution in [3.8, 4) is 5.75 Å². The molecule has 14 heavy (non-hydrogen) atoms. The Morgan fingerprint density at radius 2 is 2.29 bits per heavy atom. The van der Waals surface area contributed by atoms with Crippen LogP contribution in [0.1, 0.15) is 18.5 Å². The molecule has 4 heteroatoms. The third-order valence-electron chi connectivity index (χ3n) is 1.99. The molecule has 0 spiro atoms. The van der Waals surface area contributed by atoms with Gasteiger partial charge in [-0.25, -0.2) is 0 Å². The van der Waals surface area contributed by atoms with Crippen molar-refractivity contribution in [2.75, 3.05) is 7.11 Å². The van der Waals surface area contributed by atoms with E-state index >= 15 is 0 Å². The van der Waals surface area contributed by atoms with Crippen molar-refractivity contribution < 1.29 is 9.53 Å². The highest BCUT2D eigenvalue weighted by Gasteiger charge is 2.06. The van der Waals surface area contributed by atoms with Crippen molar-refractivity contribution in [3.63, 3.8) is 0 Å². The van der Waals surface area contributed by atoms with Crippen LogP contribution in [-0.2, 0) is 4.79 Å². The van der Waals surface area contributed by atoms with Crippen LogP contribution >= 0.6 is 11.6 Å². The van der Waals surface area contributed by atoms with Crippen LogP contribution in [0, 0.1) is 0 Å². The summed E-state index contributed by atoms with van der Waals surface area (Å²) in [6, 6.07) is 5.38. The molecular weight excluding hydrogens is 202 g/mol. The second-order valence-corrected chi connectivity index (χ2v) is 3.31. The SMILES string of the molecule is COc1ccc(C(C)NC=O)cc1Cl. The highest BCUT2D eigenvalue weighted by atomic mass is 35.5. The Hall–Kier alpha value is -1.22. The quantitative estimate of drug-likeness (QED) is 0.779. The number of halogens is 1. The van der Waals surface area contributed by atoms with E-state index in [9.17, 15) is 4.79 Å². The van der Waals surface area contributed by atoms with Crippen molar-refractivity contribution in [1.29, 1.82) is 0 Å². The normalized spacial score (nSPS) is 11.9. The molecule has 0 aliphatic heterocycles. The van der Waals surface area contributed by atoms with E-state index in [-0.39, 0.29) is 6.04 Å². The summed E-state index contributed by atoms with van der Waals surface area (Å²) in [6.45, 7) is 1.88. The number of nitrogens with one attached hydrogen (secondary N) is 1. The summed E-state index contributed by atoms with van der Waals surface area (Å²) < 4.78 is 5.02. The number of methoxy groups -OCH3 is 1. The lowest BCUT2D eigenvalue weighted by Gasteiger charge is -2.12. The standard InChI is InChI=1S/C10H12ClNO2/c1-7(12-6-13)8-3-4-10(14-2)9(11)5-8/h3-7H,1-2H3,(H,12,13). The van der Waals surface area contributed by atoms with E-state index in [0.717, 1.165) is 5.56 Å². The molecule has 1 atom stereocenters. The number of ether oxygens (including phenoxy) is 1. The van der Waals surface area contributed by atoms with Crippen LogP contribution in [0.4, 0.5) is 0 Å². The van der Waals surface area contributed by atoms with Crippen LogP contribution in [-0.4, -0.2) is 13.5 Å². The van der Waals surface area contributed by atoms with Crippen molar-refractivity contribution in [1.82, 2.24) is 5.32 Å². The molecule has 3 nitrogen and oxygen atoms in total. The largest absolute Gasteiger partial charge is 0.495 e. The lowest BCUT2D eigenvalue weighted by atomic mass is 10.1. The van der Waals surface area contributed by atoms with Crippen molar-refractivity contribution in [2.24, 2.45) is 0 Å². The van der Waals surface area contributed by atoms with Gasteiger partial charge in [-0.1, -0.05) is 17.7 Å². The van der Waals surface area contributed by atoms with Crippen LogP contribution in [0.2, 0.25) is 5.02 Å². The van der Waals surface area contributed by atoms with Crippen LogP contribution in [0.25, 0.3) is 0 Å². The molecule has 1 aromatic carbocycles. The van der Waals surface area contributed by atoms with Crippen LogP contribution in [0.3, 0.4) is 0 Å². The lowest BCUT2D eigenvalue weighted by molar-refractivity contribution is -0.110. The first-order chi connectivity index (χ1) is 6.69. The van der Waals surface area contributed by atoms with Gasteiger partial charge in [0.1, 0.15) is 5.75 Å². The fraction of sp³-hybridized carbons (Fsp3) is 0.300. The minimum atomic E-state index is -0.0455. The third-order valence-corrected chi connectivity index (χ3v) is 2.29. The average Bonchev–Trinajstić information content (AvgIpc) is 2.18. The summed E-state index contributed by atoms with van der Waals surface area (Å²) >= 11 is 5.93. The summed E-state index contributed by atoms with van der Waals surface area (Å²) in [4.78, 5) is 10.2. The number of carbonyl (C=O) groups is 1. The minimum Gasteiger partial charge on any atom is -0.495 e. The van der Waals surface area contributed by atoms with Crippen molar-refractivity contribution >= 4 is 18.0 Å². The zero-order valence-corrected chi connectivity index (χ0v) is 8.84. The second-order valence-electron chi connectivity index (χ2n) is 2.90. The number of benzene rings is 1. The first kappa shape index (κ1) is 10.9. The Labute approximate surface area is 88.0 Å². The van der Waals surface area contributed by atoms with E-state index in [1.165, 1.54) is 0 Å². The highest BCUT2D eigenvalue weighted by molar-refractivity contribution is 6.32. The van der Waals surface area contributed by atoms with E-state index in [1.54, 1.807) is 19.2 Å². The number of hydrogen-bond acceptors (Lipinski definition) is 2. The van der Waals surface area contributed by atoms with E-state index in [1.807, 2.05) is 13.0 Å². The zero-order valence-electron chi connectivity index (χ0n) is 8.08. The van der Waals surface area contributed by atoms with Gasteiger partial charge in [-0.15, -0.1) is 0 Å². The molecule has 0 aliphatic rings. The predicted molar refractivity (Wildman–Crippen MR) is 55.6 cm³/mol. The fourth-order valence-corrected chi connectivity index (χ4v) is 1.42. The Morgan fingerprint density at radius 1 is 1.57 bits per heavy atom. The van der Waals surface area contributed by atoms with Gasteiger partial charge in [0, 0.05) is 0 Å². The number of rotatable bonds is 4. The molecule has 1 N–H and O–H groups in total. The number of hydrogen-bond donors (Lipinski definition) is 1. The third kappa shape index (κ3) is 2.39. The van der Waals surface area contributed by atoms with E-state index < -0.39 is 0 Å². The fourth-order valence-electron chi connectivity index (χ4n) is 1.15. The molecule has 0 saturated carbocycles. The van der Waals surface area contributed by atoms with Gasteiger partial charge in [-0.2, -0.15) is 0 Å². The van der Waals surface area contributed by atoms with Crippen LogP contribution in [0.5, 0.6) is 5.75 Å². The van der Waals surface area contributed by atoms with E-state index in [2.05, 4.69) is 5.32 Å². The van der Waals surface area contributed by atoms with Gasteiger partial charge in [0.15, 0.2) is 0 Å². The second kappa shape index (κ2) is 4.86. The molecule has 0 fully saturated rings. The van der Waals surface area contributed by atoms with Crippen LogP contribution in [0.15, 0.2) is 18.2 Å². The summed E-state index contributed by atoms with van der Waals surface area (Å²) in [7, 11) is 1.56. The summed E-state index contributed by atoms with van der Waals surface area (Å²) in [5.74, 6) is 0.633. The van der Waals surface area contributed by atoms with Crippen molar-refractivity contribution in [3.05, 3.63) is 28.8 Å². The average molecular weight is 214 g/mol. The van der Waals surface area contributed by atoms with Gasteiger partial charge in [-0.05, 0) is 24.6 Å². The maximum absolute atomic E-state index is 10.2. The van der Waals surface area contributed by atoms with E-state index in [4.69, 9.17) is 16.3 Å². The molecule has 1 unspecified atom stereocenters. The zero-order chi connectivity index (χ0) is 10.6. The van der Waals surface area contributed by atoms with Gasteiger partial charge in [0.25, 0.3) is 0 Å². The van der Waals surface area contributed by atoms with Crippen LogP contribution < -0.4 is 10.1 Å². The molecule has 0 heterocycles. The molecule has 0 bridgehead atoms. The molecule has 1 amide bonds. The lowest BCUT2D eigenvalue weighted by Crippen LogP contribution is -2.15. The van der Waals surface area contributed by atoms with Crippen molar-refractivity contribution in [2.45, 2.75) is 13.0 Å². The van der Waals surface area contributed by atoms with Gasteiger partial charge in [0.2, 0.25) is 6.41 Å². The predicted octanol–water partition coefficient (Wildman–Crippen LogP) is 2.16. The maximum atomic E-state index is 10.2. The Morgan fingerprint density at radius 3 is 2.79 bits per heavy atom. The van der Waals surface area contributed by atoms with E-state index in [0.29, 0.717) is 17.2 Å². The summed E-state index contributed by atoms with van der Waals surface area (Å²) in [5.41, 5.74) is 0.947. The molecule has 0 aromatic heterocycles. The molecule has 0 saturated heterocycles. The molecule has 1 rings (SSSR count). The first-order valence-corrected chi connectivity index (χ1v) is 4.60. The number of amides is 1. The molecule has 1 aromatic rings. The minimum absolute atomic E-state index is 0.0455. The van der Waals surface area contributed by atoms with Gasteiger partial charge < -0.3 is 10.1 Å². The summed E-state index contributed by atoms with van der Waals surface area (Å²) in [6.07, 6.45) is 0.669. The van der Waals surface area contributed by atoms with Gasteiger partial charge >= 0.3 is 0 Å². The smallest absolute Gasteiger partial charge is 0.207 e. The summed E-state index contributed by atoms with van der Waals surface area (Å²) in [5, 5.41) is 3.19. The van der Waals surface area contributed by atoms with Gasteiger partial charge in [-0.3, -0.25) is 4.79 Å². The number of carbonyl (C=O) groups excluding carboxylic acids is 1.